The average Bonchev–Trinajstić information content (AvgIpc) is 2.93. The summed E-state index contributed by atoms with van der Waals surface area (Å²) in [6, 6.07) is 22.8. The van der Waals surface area contributed by atoms with Crippen LogP contribution in [0.25, 0.3) is 0 Å². The van der Waals surface area contributed by atoms with E-state index in [1.165, 1.54) is 12.0 Å². The Hall–Kier alpha value is -3.85. The lowest BCUT2D eigenvalue weighted by Crippen LogP contribution is -2.53. The summed E-state index contributed by atoms with van der Waals surface area (Å²) in [6.07, 6.45) is 1.34. The first-order valence-electron chi connectivity index (χ1n) is 13.3. The molecule has 0 saturated carbocycles. The molecule has 0 fully saturated rings. The summed E-state index contributed by atoms with van der Waals surface area (Å²) in [4.78, 5) is 29.3. The van der Waals surface area contributed by atoms with Gasteiger partial charge in [-0.05, 0) is 53.8 Å². The second-order valence-electron chi connectivity index (χ2n) is 10.3. The molecule has 0 aliphatic carbocycles. The fraction of sp³-hybridized carbons (Fsp3) is 0.355. The monoisotopic (exact) mass is 565 g/mol. The van der Waals surface area contributed by atoms with Crippen LogP contribution in [0.5, 0.6) is 5.75 Å². The van der Waals surface area contributed by atoms with E-state index in [0.717, 1.165) is 27.3 Å². The molecule has 0 heterocycles. The molecule has 9 heteroatoms. The maximum absolute atomic E-state index is 14.1. The smallest absolute Gasteiger partial charge is 0.244 e. The Labute approximate surface area is 238 Å². The summed E-state index contributed by atoms with van der Waals surface area (Å²) in [5, 5.41) is 2.99. The first-order valence-corrected chi connectivity index (χ1v) is 15.1. The molecule has 0 spiro atoms. The van der Waals surface area contributed by atoms with Crippen molar-refractivity contribution in [2.75, 3.05) is 30.8 Å². The van der Waals surface area contributed by atoms with E-state index >= 15 is 0 Å². The third-order valence-electron chi connectivity index (χ3n) is 6.60. The Morgan fingerprint density at radius 2 is 1.55 bits per heavy atom. The van der Waals surface area contributed by atoms with Crippen LogP contribution in [0.4, 0.5) is 5.69 Å². The average molecular weight is 566 g/mol. The molecule has 8 nitrogen and oxygen atoms in total. The van der Waals surface area contributed by atoms with Gasteiger partial charge < -0.3 is 15.0 Å². The number of anilines is 1. The number of hydrogen-bond donors (Lipinski definition) is 1. The summed E-state index contributed by atoms with van der Waals surface area (Å²) in [5.74, 6) is 0.0204. The van der Waals surface area contributed by atoms with Gasteiger partial charge in [-0.25, -0.2) is 8.42 Å². The number of sulfonamides is 1. The number of carbonyl (C=O) groups excluding carboxylic acids is 2. The molecule has 1 N–H and O–H groups in total. The number of methoxy groups -OCH3 is 1. The van der Waals surface area contributed by atoms with Crippen LogP contribution < -0.4 is 14.4 Å². The van der Waals surface area contributed by atoms with Gasteiger partial charge in [-0.1, -0.05) is 68.4 Å². The number of ether oxygens (including phenoxy) is 1. The highest BCUT2D eigenvalue weighted by Crippen LogP contribution is 2.23. The van der Waals surface area contributed by atoms with Crippen molar-refractivity contribution >= 4 is 27.5 Å². The molecular weight excluding hydrogens is 526 g/mol. The van der Waals surface area contributed by atoms with Gasteiger partial charge in [0.15, 0.2) is 0 Å². The molecule has 214 valence electrons. The predicted molar refractivity (Wildman–Crippen MR) is 159 cm³/mol. The van der Waals surface area contributed by atoms with Crippen molar-refractivity contribution in [3.63, 3.8) is 0 Å². The van der Waals surface area contributed by atoms with Crippen molar-refractivity contribution in [3.8, 4) is 5.75 Å². The van der Waals surface area contributed by atoms with Gasteiger partial charge in [0.1, 0.15) is 18.3 Å². The molecule has 0 bridgehead atoms. The topological polar surface area (TPSA) is 96.0 Å². The van der Waals surface area contributed by atoms with Gasteiger partial charge in [-0.2, -0.15) is 0 Å². The van der Waals surface area contributed by atoms with Crippen molar-refractivity contribution in [1.82, 2.24) is 10.2 Å². The van der Waals surface area contributed by atoms with E-state index in [1.807, 2.05) is 75.4 Å². The van der Waals surface area contributed by atoms with Crippen LogP contribution in [-0.2, 0) is 32.6 Å². The molecule has 0 saturated heterocycles. The summed E-state index contributed by atoms with van der Waals surface area (Å²) in [5.41, 5.74) is 3.07. The van der Waals surface area contributed by atoms with Gasteiger partial charge in [-0.3, -0.25) is 13.9 Å². The number of nitrogens with one attached hydrogen (secondary N) is 1. The summed E-state index contributed by atoms with van der Waals surface area (Å²) < 4.78 is 32.0. The van der Waals surface area contributed by atoms with Gasteiger partial charge in [0.05, 0.1) is 19.1 Å². The number of carbonyl (C=O) groups is 2. The number of aryl methyl sites for hydroxylation is 1. The van der Waals surface area contributed by atoms with E-state index < -0.39 is 28.5 Å². The highest BCUT2D eigenvalue weighted by molar-refractivity contribution is 7.92. The minimum atomic E-state index is -3.83. The number of hydrogen-bond acceptors (Lipinski definition) is 5. The van der Waals surface area contributed by atoms with Gasteiger partial charge in [0.2, 0.25) is 21.8 Å². The third kappa shape index (κ3) is 8.58. The Balaban J connectivity index is 2.04. The molecule has 3 aromatic rings. The normalized spacial score (nSPS) is 12.1. The van der Waals surface area contributed by atoms with Crippen LogP contribution in [-0.4, -0.2) is 57.6 Å². The van der Waals surface area contributed by atoms with Crippen molar-refractivity contribution in [2.24, 2.45) is 5.92 Å². The van der Waals surface area contributed by atoms with E-state index in [4.69, 9.17) is 4.74 Å². The Morgan fingerprint density at radius 3 is 2.12 bits per heavy atom. The zero-order valence-electron chi connectivity index (χ0n) is 23.8. The summed E-state index contributed by atoms with van der Waals surface area (Å²) in [6.45, 7) is 6.10. The molecule has 40 heavy (non-hydrogen) atoms. The summed E-state index contributed by atoms with van der Waals surface area (Å²) in [7, 11) is -2.31. The number of rotatable bonds is 13. The van der Waals surface area contributed by atoms with Crippen LogP contribution >= 0.6 is 0 Å². The zero-order valence-corrected chi connectivity index (χ0v) is 24.6. The van der Waals surface area contributed by atoms with E-state index in [2.05, 4.69) is 5.32 Å². The Bertz CT molecular complexity index is 1380. The van der Waals surface area contributed by atoms with Crippen LogP contribution in [0, 0.1) is 12.8 Å². The van der Waals surface area contributed by atoms with Crippen LogP contribution in [0.2, 0.25) is 0 Å². The van der Waals surface area contributed by atoms with E-state index in [1.54, 1.807) is 24.3 Å². The first-order chi connectivity index (χ1) is 19.0. The Morgan fingerprint density at radius 1 is 0.925 bits per heavy atom. The quantitative estimate of drug-likeness (QED) is 0.336. The summed E-state index contributed by atoms with van der Waals surface area (Å²) >= 11 is 0. The maximum atomic E-state index is 14.1. The maximum Gasteiger partial charge on any atom is 0.244 e. The second-order valence-corrected chi connectivity index (χ2v) is 12.2. The van der Waals surface area contributed by atoms with Gasteiger partial charge in [0, 0.05) is 19.5 Å². The molecule has 0 unspecified atom stereocenters. The molecule has 0 aromatic heterocycles. The minimum Gasteiger partial charge on any atom is -0.497 e. The van der Waals surface area contributed by atoms with Crippen molar-refractivity contribution in [3.05, 3.63) is 95.6 Å². The SMILES string of the molecule is COc1ccc(N(CC(=O)N(Cc2ccccc2C)[C@@H](Cc2ccccc2)C(=O)NCC(C)C)S(C)(=O)=O)cc1. The second kappa shape index (κ2) is 14.0. The lowest BCUT2D eigenvalue weighted by Gasteiger charge is -2.34. The van der Waals surface area contributed by atoms with Gasteiger partial charge in [0.25, 0.3) is 0 Å². The predicted octanol–water partition coefficient (Wildman–Crippen LogP) is 4.18. The van der Waals surface area contributed by atoms with Crippen molar-refractivity contribution in [1.29, 1.82) is 0 Å². The van der Waals surface area contributed by atoms with Crippen LogP contribution in [0.15, 0.2) is 78.9 Å². The first kappa shape index (κ1) is 30.7. The molecule has 0 aliphatic rings. The van der Waals surface area contributed by atoms with Crippen molar-refractivity contribution < 1.29 is 22.7 Å². The largest absolute Gasteiger partial charge is 0.497 e. The highest BCUT2D eigenvalue weighted by Gasteiger charge is 2.33. The molecule has 3 rings (SSSR count). The molecule has 0 radical (unpaired) electrons. The standard InChI is InChI=1S/C31H39N3O5S/c1-23(2)20-32-31(36)29(19-25-12-7-6-8-13-25)33(21-26-14-10-9-11-24(26)3)30(35)22-34(40(5,37)38)27-15-17-28(39-4)18-16-27/h6-18,23,29H,19-22H2,1-5H3,(H,32,36)/t29-/m0/s1. The Kier molecular flexibility index (Phi) is 10.7. The number of benzene rings is 3. The number of amides is 2. The fourth-order valence-corrected chi connectivity index (χ4v) is 5.16. The molecule has 3 aromatic carbocycles. The number of nitrogens with zero attached hydrogens (tertiary/aromatic N) is 2. The van der Waals surface area contributed by atoms with Crippen molar-refractivity contribution in [2.45, 2.75) is 39.8 Å². The van der Waals surface area contributed by atoms with Crippen LogP contribution in [0.1, 0.15) is 30.5 Å². The van der Waals surface area contributed by atoms with Crippen LogP contribution in [0.3, 0.4) is 0 Å². The third-order valence-corrected chi connectivity index (χ3v) is 7.74. The van der Waals surface area contributed by atoms with Gasteiger partial charge in [-0.15, -0.1) is 0 Å². The van der Waals surface area contributed by atoms with E-state index in [-0.39, 0.29) is 24.8 Å². The molecular formula is C31H39N3O5S. The van der Waals surface area contributed by atoms with E-state index in [9.17, 15) is 18.0 Å². The zero-order chi connectivity index (χ0) is 29.3. The highest BCUT2D eigenvalue weighted by atomic mass is 32.2. The lowest BCUT2D eigenvalue weighted by atomic mass is 10.0. The van der Waals surface area contributed by atoms with Gasteiger partial charge >= 0.3 is 0 Å². The minimum absolute atomic E-state index is 0.151. The molecule has 1 atom stereocenters. The molecule has 2 amide bonds. The molecule has 0 aliphatic heterocycles. The lowest BCUT2D eigenvalue weighted by molar-refractivity contribution is -0.140. The van der Waals surface area contributed by atoms with E-state index in [0.29, 0.717) is 18.0 Å². The fourth-order valence-electron chi connectivity index (χ4n) is 4.31.